The molecule has 26 heavy (non-hydrogen) atoms. The van der Waals surface area contributed by atoms with Crippen LogP contribution in [0.1, 0.15) is 109 Å². The lowest BCUT2D eigenvalue weighted by molar-refractivity contribution is 0.308. The van der Waals surface area contributed by atoms with E-state index in [4.69, 9.17) is 0 Å². The van der Waals surface area contributed by atoms with Crippen molar-refractivity contribution >= 4 is 0 Å². The molecule has 1 aliphatic carbocycles. The SMILES string of the molecule is CCC(C)(C)CCCCCc1c(O)cccc1CCCCCC1(C)CC1. The summed E-state index contributed by atoms with van der Waals surface area (Å²) in [5.41, 5.74) is 3.79. The highest BCUT2D eigenvalue weighted by Crippen LogP contribution is 2.49. The number of rotatable bonds is 13. The van der Waals surface area contributed by atoms with Crippen LogP contribution in [-0.4, -0.2) is 5.11 Å². The Labute approximate surface area is 162 Å². The first-order chi connectivity index (χ1) is 12.4. The molecule has 1 heteroatoms. The summed E-state index contributed by atoms with van der Waals surface area (Å²) in [5.74, 6) is 0.516. The van der Waals surface area contributed by atoms with Gasteiger partial charge in [-0.15, -0.1) is 0 Å². The van der Waals surface area contributed by atoms with Crippen molar-refractivity contribution < 1.29 is 5.11 Å². The molecule has 0 atom stereocenters. The van der Waals surface area contributed by atoms with Gasteiger partial charge in [-0.3, -0.25) is 0 Å². The van der Waals surface area contributed by atoms with Crippen LogP contribution >= 0.6 is 0 Å². The number of hydrogen-bond acceptors (Lipinski definition) is 1. The fourth-order valence-corrected chi connectivity index (χ4v) is 3.91. The van der Waals surface area contributed by atoms with Crippen LogP contribution in [0.25, 0.3) is 0 Å². The second-order valence-corrected chi connectivity index (χ2v) is 9.86. The molecule has 148 valence electrons. The third kappa shape index (κ3) is 7.33. The summed E-state index contributed by atoms with van der Waals surface area (Å²) < 4.78 is 0. The van der Waals surface area contributed by atoms with E-state index in [9.17, 15) is 5.11 Å². The quantitative estimate of drug-likeness (QED) is 0.356. The zero-order chi connectivity index (χ0) is 19.0. The monoisotopic (exact) mass is 358 g/mol. The number of unbranched alkanes of at least 4 members (excludes halogenated alkanes) is 4. The van der Waals surface area contributed by atoms with Gasteiger partial charge in [0, 0.05) is 0 Å². The lowest BCUT2D eigenvalue weighted by Crippen LogP contribution is -2.08. The van der Waals surface area contributed by atoms with Crippen molar-refractivity contribution in [3.8, 4) is 5.75 Å². The Balaban J connectivity index is 1.71. The predicted molar refractivity (Wildman–Crippen MR) is 114 cm³/mol. The normalized spacial score (nSPS) is 16.0. The highest BCUT2D eigenvalue weighted by Gasteiger charge is 2.35. The van der Waals surface area contributed by atoms with Gasteiger partial charge in [-0.1, -0.05) is 71.9 Å². The molecule has 0 saturated heterocycles. The molecule has 0 spiro atoms. The molecule has 0 heterocycles. The van der Waals surface area contributed by atoms with Crippen LogP contribution in [0.15, 0.2) is 18.2 Å². The Hall–Kier alpha value is -0.980. The van der Waals surface area contributed by atoms with E-state index in [0.29, 0.717) is 16.6 Å². The van der Waals surface area contributed by atoms with Gasteiger partial charge in [0.25, 0.3) is 0 Å². The lowest BCUT2D eigenvalue weighted by atomic mass is 9.84. The lowest BCUT2D eigenvalue weighted by Gasteiger charge is -2.22. The van der Waals surface area contributed by atoms with E-state index in [-0.39, 0.29) is 0 Å². The molecule has 1 fully saturated rings. The maximum absolute atomic E-state index is 10.3. The molecular weight excluding hydrogens is 316 g/mol. The second-order valence-electron chi connectivity index (χ2n) is 9.86. The number of benzene rings is 1. The fraction of sp³-hybridized carbons (Fsp3) is 0.760. The summed E-state index contributed by atoms with van der Waals surface area (Å²) in [6.45, 7) is 9.47. The van der Waals surface area contributed by atoms with E-state index in [0.717, 1.165) is 12.8 Å². The van der Waals surface area contributed by atoms with Crippen LogP contribution in [0.4, 0.5) is 0 Å². The van der Waals surface area contributed by atoms with Crippen molar-refractivity contribution in [1.82, 2.24) is 0 Å². The van der Waals surface area contributed by atoms with Gasteiger partial charge in [-0.25, -0.2) is 0 Å². The second kappa shape index (κ2) is 9.81. The highest BCUT2D eigenvalue weighted by molar-refractivity contribution is 5.39. The Morgan fingerprint density at radius 1 is 0.962 bits per heavy atom. The molecule has 1 N–H and O–H groups in total. The Morgan fingerprint density at radius 3 is 2.35 bits per heavy atom. The zero-order valence-corrected chi connectivity index (χ0v) is 17.9. The van der Waals surface area contributed by atoms with E-state index in [1.807, 2.05) is 12.1 Å². The molecule has 0 aromatic heterocycles. The summed E-state index contributed by atoms with van der Waals surface area (Å²) in [7, 11) is 0. The topological polar surface area (TPSA) is 20.2 Å². The van der Waals surface area contributed by atoms with E-state index in [1.165, 1.54) is 81.8 Å². The van der Waals surface area contributed by atoms with Crippen molar-refractivity contribution in [3.63, 3.8) is 0 Å². The van der Waals surface area contributed by atoms with Crippen LogP contribution in [-0.2, 0) is 12.8 Å². The molecular formula is C25H42O. The maximum Gasteiger partial charge on any atom is 0.119 e. The summed E-state index contributed by atoms with van der Waals surface area (Å²) in [5, 5.41) is 10.3. The molecule has 1 aromatic carbocycles. The number of phenolic OH excluding ortho intramolecular Hbond substituents is 1. The average molecular weight is 359 g/mol. The molecule has 1 aromatic rings. The van der Waals surface area contributed by atoms with E-state index in [1.54, 1.807) is 0 Å². The summed E-state index contributed by atoms with van der Waals surface area (Å²) in [4.78, 5) is 0. The van der Waals surface area contributed by atoms with Crippen molar-refractivity contribution in [3.05, 3.63) is 29.3 Å². The largest absolute Gasteiger partial charge is 0.508 e. The van der Waals surface area contributed by atoms with Crippen molar-refractivity contribution in [2.45, 2.75) is 111 Å². The van der Waals surface area contributed by atoms with Crippen molar-refractivity contribution in [2.75, 3.05) is 0 Å². The Morgan fingerprint density at radius 2 is 1.65 bits per heavy atom. The van der Waals surface area contributed by atoms with Gasteiger partial charge in [0.1, 0.15) is 5.75 Å². The molecule has 0 radical (unpaired) electrons. The molecule has 1 saturated carbocycles. The van der Waals surface area contributed by atoms with Gasteiger partial charge in [-0.05, 0) is 79.4 Å². The molecule has 0 aliphatic heterocycles. The minimum atomic E-state index is 0.484. The molecule has 2 rings (SSSR count). The molecule has 0 amide bonds. The first-order valence-electron chi connectivity index (χ1n) is 11.1. The van der Waals surface area contributed by atoms with Gasteiger partial charge in [-0.2, -0.15) is 0 Å². The standard InChI is InChI=1S/C25H42O/c1-5-24(2,3)17-10-7-9-15-22-21(14-12-16-23(22)26)13-8-6-11-18-25(4)19-20-25/h12,14,16,26H,5-11,13,15,17-20H2,1-4H3. The van der Waals surface area contributed by atoms with Crippen LogP contribution in [0, 0.1) is 10.8 Å². The van der Waals surface area contributed by atoms with Gasteiger partial charge in [0.05, 0.1) is 0 Å². The van der Waals surface area contributed by atoms with Gasteiger partial charge in [0.15, 0.2) is 0 Å². The van der Waals surface area contributed by atoms with E-state index < -0.39 is 0 Å². The Bertz CT molecular complexity index is 539. The smallest absolute Gasteiger partial charge is 0.119 e. The van der Waals surface area contributed by atoms with Crippen LogP contribution < -0.4 is 0 Å². The third-order valence-electron chi connectivity index (χ3n) is 6.82. The summed E-state index contributed by atoms with van der Waals surface area (Å²) in [6.07, 6.45) is 16.8. The molecule has 0 bridgehead atoms. The number of aryl methyl sites for hydroxylation is 1. The van der Waals surface area contributed by atoms with Crippen molar-refractivity contribution in [2.24, 2.45) is 10.8 Å². The molecule has 1 aliphatic rings. The first kappa shape index (κ1) is 21.3. The van der Waals surface area contributed by atoms with Crippen LogP contribution in [0.2, 0.25) is 0 Å². The van der Waals surface area contributed by atoms with Crippen LogP contribution in [0.5, 0.6) is 5.75 Å². The summed E-state index contributed by atoms with van der Waals surface area (Å²) >= 11 is 0. The maximum atomic E-state index is 10.3. The van der Waals surface area contributed by atoms with Gasteiger partial charge in [0.2, 0.25) is 0 Å². The fourth-order valence-electron chi connectivity index (χ4n) is 3.91. The average Bonchev–Trinajstić information content (AvgIpc) is 3.33. The molecule has 0 unspecified atom stereocenters. The molecule has 1 nitrogen and oxygen atoms in total. The number of aromatic hydroxyl groups is 1. The van der Waals surface area contributed by atoms with Crippen molar-refractivity contribution in [1.29, 1.82) is 0 Å². The Kier molecular flexibility index (Phi) is 8.05. The minimum Gasteiger partial charge on any atom is -0.508 e. The van der Waals surface area contributed by atoms with Crippen LogP contribution in [0.3, 0.4) is 0 Å². The van der Waals surface area contributed by atoms with E-state index >= 15 is 0 Å². The number of hydrogen-bond donors (Lipinski definition) is 1. The van der Waals surface area contributed by atoms with E-state index in [2.05, 4.69) is 33.8 Å². The predicted octanol–water partition coefficient (Wildman–Crippen LogP) is 7.83. The number of phenols is 1. The minimum absolute atomic E-state index is 0.484. The van der Waals surface area contributed by atoms with Gasteiger partial charge >= 0.3 is 0 Å². The van der Waals surface area contributed by atoms with Gasteiger partial charge < -0.3 is 5.11 Å². The third-order valence-corrected chi connectivity index (χ3v) is 6.82. The zero-order valence-electron chi connectivity index (χ0n) is 17.9. The summed E-state index contributed by atoms with van der Waals surface area (Å²) in [6, 6.07) is 6.12. The highest BCUT2D eigenvalue weighted by atomic mass is 16.3. The first-order valence-corrected chi connectivity index (χ1v) is 11.1.